The normalized spacial score (nSPS) is 10.2. The van der Waals surface area contributed by atoms with Crippen LogP contribution in [-0.2, 0) is 14.3 Å². The molecule has 0 unspecified atom stereocenters. The summed E-state index contributed by atoms with van der Waals surface area (Å²) in [5.74, 6) is -1.30. The molecule has 2 aromatic rings. The Morgan fingerprint density at radius 1 is 0.929 bits per heavy atom. The van der Waals surface area contributed by atoms with Crippen LogP contribution in [0.2, 0.25) is 5.02 Å². The first kappa shape index (κ1) is 21.8. The molecule has 0 aliphatic carbocycles. The minimum absolute atomic E-state index is 0.153. The Morgan fingerprint density at radius 2 is 1.46 bits per heavy atom. The van der Waals surface area contributed by atoms with E-state index in [0.717, 1.165) is 4.90 Å². The van der Waals surface area contributed by atoms with E-state index in [0.29, 0.717) is 10.7 Å². The summed E-state index contributed by atoms with van der Waals surface area (Å²) < 4.78 is 9.96. The number of ether oxygens (including phenoxy) is 2. The quantitative estimate of drug-likeness (QED) is 0.501. The average Bonchev–Trinajstić information content (AvgIpc) is 2.67. The smallest absolute Gasteiger partial charge is 0.338 e. The minimum Gasteiger partial charge on any atom is -0.462 e. The number of esters is 2. The molecule has 6 nitrogen and oxygen atoms in total. The molecule has 0 bridgehead atoms. The summed E-state index contributed by atoms with van der Waals surface area (Å²) in [5.41, 5.74) is 0.636. The van der Waals surface area contributed by atoms with Crippen LogP contribution in [0.5, 0.6) is 0 Å². The van der Waals surface area contributed by atoms with Crippen LogP contribution in [0.1, 0.15) is 34.6 Å². The van der Waals surface area contributed by atoms with Gasteiger partial charge in [-0.15, -0.1) is 11.8 Å². The van der Waals surface area contributed by atoms with Gasteiger partial charge in [0.2, 0.25) is 5.91 Å². The number of halogens is 1. The van der Waals surface area contributed by atoms with E-state index in [1.165, 1.54) is 30.0 Å². The van der Waals surface area contributed by atoms with Gasteiger partial charge in [-0.3, -0.25) is 4.79 Å². The Balaban J connectivity index is 2.13. The van der Waals surface area contributed by atoms with Gasteiger partial charge in [-0.1, -0.05) is 11.6 Å². The second kappa shape index (κ2) is 10.7. The van der Waals surface area contributed by atoms with Crippen LogP contribution >= 0.6 is 23.4 Å². The van der Waals surface area contributed by atoms with E-state index < -0.39 is 11.9 Å². The van der Waals surface area contributed by atoms with Crippen molar-refractivity contribution in [2.45, 2.75) is 18.7 Å². The van der Waals surface area contributed by atoms with Gasteiger partial charge in [0.15, 0.2) is 0 Å². The molecule has 0 aromatic heterocycles. The molecule has 2 aromatic carbocycles. The van der Waals surface area contributed by atoms with Crippen molar-refractivity contribution in [2.75, 3.05) is 24.3 Å². The Labute approximate surface area is 172 Å². The predicted molar refractivity (Wildman–Crippen MR) is 109 cm³/mol. The molecule has 2 rings (SSSR count). The van der Waals surface area contributed by atoms with Crippen LogP contribution in [0, 0.1) is 0 Å². The molecule has 8 heteroatoms. The standard InChI is InChI=1S/C20H20ClNO5S/c1-3-26-19(24)13-9-14(20(25)27-4-2)11-16(10-13)22-18(23)12-28-17-7-5-15(21)6-8-17/h5-11H,3-4,12H2,1-2H3,(H,22,23). The molecule has 0 spiro atoms. The number of amides is 1. The molecule has 0 radical (unpaired) electrons. The third kappa shape index (κ3) is 6.58. The number of nitrogens with one attached hydrogen (secondary N) is 1. The topological polar surface area (TPSA) is 81.7 Å². The molecule has 148 valence electrons. The predicted octanol–water partition coefficient (Wildman–Crippen LogP) is 4.42. The van der Waals surface area contributed by atoms with Gasteiger partial charge < -0.3 is 14.8 Å². The molecule has 0 fully saturated rings. The first-order valence-corrected chi connectivity index (χ1v) is 9.96. The molecule has 0 saturated carbocycles. The van der Waals surface area contributed by atoms with Gasteiger partial charge in [0.1, 0.15) is 0 Å². The summed E-state index contributed by atoms with van der Waals surface area (Å²) in [6.45, 7) is 3.76. The zero-order chi connectivity index (χ0) is 20.5. The van der Waals surface area contributed by atoms with Crippen molar-refractivity contribution in [1.29, 1.82) is 0 Å². The third-order valence-corrected chi connectivity index (χ3v) is 4.69. The highest BCUT2D eigenvalue weighted by Crippen LogP contribution is 2.22. The summed E-state index contributed by atoms with van der Waals surface area (Å²) in [5, 5.41) is 3.32. The fourth-order valence-corrected chi connectivity index (χ4v) is 3.07. The number of rotatable bonds is 8. The van der Waals surface area contributed by atoms with Gasteiger partial charge in [0.05, 0.1) is 30.1 Å². The number of anilines is 1. The lowest BCUT2D eigenvalue weighted by atomic mass is 10.1. The molecule has 0 aliphatic heterocycles. The summed E-state index contributed by atoms with van der Waals surface area (Å²) >= 11 is 7.18. The van der Waals surface area contributed by atoms with Crippen molar-refractivity contribution in [3.63, 3.8) is 0 Å². The first-order chi connectivity index (χ1) is 13.4. The number of hydrogen-bond donors (Lipinski definition) is 1. The summed E-state index contributed by atoms with van der Waals surface area (Å²) in [6.07, 6.45) is 0. The van der Waals surface area contributed by atoms with E-state index in [-0.39, 0.29) is 36.0 Å². The number of benzene rings is 2. The maximum Gasteiger partial charge on any atom is 0.338 e. The van der Waals surface area contributed by atoms with Crippen molar-refractivity contribution in [3.8, 4) is 0 Å². The van der Waals surface area contributed by atoms with E-state index in [1.807, 2.05) is 12.1 Å². The van der Waals surface area contributed by atoms with Crippen molar-refractivity contribution in [3.05, 3.63) is 58.6 Å². The SMILES string of the molecule is CCOC(=O)c1cc(NC(=O)CSc2ccc(Cl)cc2)cc(C(=O)OCC)c1. The molecule has 1 N–H and O–H groups in total. The lowest BCUT2D eigenvalue weighted by molar-refractivity contribution is -0.113. The van der Waals surface area contributed by atoms with Crippen LogP contribution in [0.15, 0.2) is 47.4 Å². The van der Waals surface area contributed by atoms with Crippen molar-refractivity contribution < 1.29 is 23.9 Å². The number of carbonyl (C=O) groups is 3. The zero-order valence-electron chi connectivity index (χ0n) is 15.5. The molecule has 0 saturated heterocycles. The van der Waals surface area contributed by atoms with E-state index in [1.54, 1.807) is 26.0 Å². The minimum atomic E-state index is -0.584. The maximum absolute atomic E-state index is 12.3. The Hall–Kier alpha value is -2.51. The fourth-order valence-electron chi connectivity index (χ4n) is 2.24. The summed E-state index contributed by atoms with van der Waals surface area (Å²) in [7, 11) is 0. The number of hydrogen-bond acceptors (Lipinski definition) is 6. The van der Waals surface area contributed by atoms with Gasteiger partial charge in [-0.2, -0.15) is 0 Å². The highest BCUT2D eigenvalue weighted by Gasteiger charge is 2.16. The lowest BCUT2D eigenvalue weighted by Crippen LogP contribution is -2.16. The second-order valence-corrected chi connectivity index (χ2v) is 7.02. The highest BCUT2D eigenvalue weighted by molar-refractivity contribution is 8.00. The van der Waals surface area contributed by atoms with Gasteiger partial charge in [-0.05, 0) is 56.3 Å². The van der Waals surface area contributed by atoms with Gasteiger partial charge in [-0.25, -0.2) is 9.59 Å². The monoisotopic (exact) mass is 421 g/mol. The molecular formula is C20H20ClNO5S. The fraction of sp³-hybridized carbons (Fsp3) is 0.250. The molecule has 0 heterocycles. The van der Waals surface area contributed by atoms with E-state index in [2.05, 4.69) is 5.32 Å². The van der Waals surface area contributed by atoms with E-state index >= 15 is 0 Å². The van der Waals surface area contributed by atoms with Crippen molar-refractivity contribution in [2.24, 2.45) is 0 Å². The van der Waals surface area contributed by atoms with Crippen LogP contribution in [0.4, 0.5) is 5.69 Å². The highest BCUT2D eigenvalue weighted by atomic mass is 35.5. The average molecular weight is 422 g/mol. The Bertz CT molecular complexity index is 818. The number of carbonyl (C=O) groups excluding carboxylic acids is 3. The van der Waals surface area contributed by atoms with E-state index in [9.17, 15) is 14.4 Å². The summed E-state index contributed by atoms with van der Waals surface area (Å²) in [4.78, 5) is 37.3. The summed E-state index contributed by atoms with van der Waals surface area (Å²) in [6, 6.07) is 11.4. The van der Waals surface area contributed by atoms with Gasteiger partial charge in [0.25, 0.3) is 0 Å². The molecule has 28 heavy (non-hydrogen) atoms. The molecule has 0 atom stereocenters. The Morgan fingerprint density at radius 3 is 1.96 bits per heavy atom. The van der Waals surface area contributed by atoms with E-state index in [4.69, 9.17) is 21.1 Å². The molecular weight excluding hydrogens is 402 g/mol. The second-order valence-electron chi connectivity index (χ2n) is 5.53. The van der Waals surface area contributed by atoms with Gasteiger partial charge in [0, 0.05) is 15.6 Å². The first-order valence-electron chi connectivity index (χ1n) is 8.60. The molecule has 1 amide bonds. The molecule has 0 aliphatic rings. The van der Waals surface area contributed by atoms with Crippen molar-refractivity contribution in [1.82, 2.24) is 0 Å². The van der Waals surface area contributed by atoms with Crippen LogP contribution in [0.3, 0.4) is 0 Å². The van der Waals surface area contributed by atoms with Gasteiger partial charge >= 0.3 is 11.9 Å². The number of thioether (sulfide) groups is 1. The van der Waals surface area contributed by atoms with Crippen LogP contribution in [0.25, 0.3) is 0 Å². The largest absolute Gasteiger partial charge is 0.462 e. The van der Waals surface area contributed by atoms with Crippen molar-refractivity contribution >= 4 is 46.9 Å². The van der Waals surface area contributed by atoms with Crippen LogP contribution in [-0.4, -0.2) is 36.8 Å². The maximum atomic E-state index is 12.3. The van der Waals surface area contributed by atoms with Crippen LogP contribution < -0.4 is 5.32 Å². The Kier molecular flexibility index (Phi) is 8.35. The lowest BCUT2D eigenvalue weighted by Gasteiger charge is -2.10. The third-order valence-electron chi connectivity index (χ3n) is 3.42. The zero-order valence-corrected chi connectivity index (χ0v) is 17.1.